The van der Waals surface area contributed by atoms with Gasteiger partial charge in [0.15, 0.2) is 0 Å². The molecule has 1 aliphatic rings. The molecule has 4 aromatic carbocycles. The van der Waals surface area contributed by atoms with Gasteiger partial charge in [-0.1, -0.05) is 103 Å². The Morgan fingerprint density at radius 1 is 0.429 bits per heavy atom. The zero-order valence-electron chi connectivity index (χ0n) is 23.7. The molecule has 6 atom stereocenters. The van der Waals surface area contributed by atoms with Crippen LogP contribution in [0.15, 0.2) is 115 Å². The van der Waals surface area contributed by atoms with Crippen molar-refractivity contribution in [3.63, 3.8) is 0 Å². The van der Waals surface area contributed by atoms with Gasteiger partial charge in [-0.3, -0.25) is 0 Å². The lowest BCUT2D eigenvalue weighted by atomic mass is 9.84. The summed E-state index contributed by atoms with van der Waals surface area (Å²) in [6.45, 7) is 0.979. The van der Waals surface area contributed by atoms with Gasteiger partial charge in [-0.05, 0) is 34.4 Å². The van der Waals surface area contributed by atoms with Gasteiger partial charge in [0.2, 0.25) is 0 Å². The normalized spacial score (nSPS) is 23.9. The number of hydrogen-bond acceptors (Lipinski definition) is 7. The zero-order valence-corrected chi connectivity index (χ0v) is 23.7. The minimum atomic E-state index is -1.27. The van der Waals surface area contributed by atoms with Gasteiger partial charge in [0.05, 0.1) is 33.5 Å². The third kappa shape index (κ3) is 7.83. The highest BCUT2D eigenvalue weighted by Crippen LogP contribution is 2.33. The van der Waals surface area contributed by atoms with E-state index in [-0.39, 0.29) is 26.4 Å². The Balaban J connectivity index is 1.42. The molecular formula is C35H38O7. The molecule has 1 aliphatic carbocycles. The second-order valence-electron chi connectivity index (χ2n) is 10.4. The number of hydrogen-bond donors (Lipinski definition) is 2. The van der Waals surface area contributed by atoms with Crippen LogP contribution < -0.4 is 4.74 Å². The van der Waals surface area contributed by atoms with Gasteiger partial charge in [-0.15, -0.1) is 0 Å². The summed E-state index contributed by atoms with van der Waals surface area (Å²) in [5, 5.41) is 22.8. The van der Waals surface area contributed by atoms with Crippen LogP contribution in [-0.2, 0) is 45.4 Å². The van der Waals surface area contributed by atoms with E-state index < -0.39 is 36.6 Å². The van der Waals surface area contributed by atoms with E-state index >= 15 is 0 Å². The first-order valence-electron chi connectivity index (χ1n) is 14.2. The third-order valence-corrected chi connectivity index (χ3v) is 7.45. The van der Waals surface area contributed by atoms with Crippen LogP contribution in [0.25, 0.3) is 0 Å². The molecule has 42 heavy (non-hydrogen) atoms. The van der Waals surface area contributed by atoms with E-state index in [2.05, 4.69) is 0 Å². The molecule has 2 N–H and O–H groups in total. The predicted molar refractivity (Wildman–Crippen MR) is 159 cm³/mol. The van der Waals surface area contributed by atoms with Gasteiger partial charge in [0.25, 0.3) is 0 Å². The first kappa shape index (κ1) is 29.9. The molecule has 1 fully saturated rings. The van der Waals surface area contributed by atoms with Crippen LogP contribution in [0.2, 0.25) is 0 Å². The van der Waals surface area contributed by atoms with Crippen molar-refractivity contribution in [2.45, 2.75) is 63.1 Å². The quantitative estimate of drug-likeness (QED) is 0.232. The van der Waals surface area contributed by atoms with Crippen molar-refractivity contribution in [1.82, 2.24) is 0 Å². The Kier molecular flexibility index (Phi) is 10.7. The first-order chi connectivity index (χ1) is 20.6. The lowest BCUT2D eigenvalue weighted by Crippen LogP contribution is -2.66. The fraction of sp³-hybridized carbons (Fsp3) is 0.314. The van der Waals surface area contributed by atoms with Gasteiger partial charge in [0.1, 0.15) is 42.4 Å². The standard InChI is InChI=1S/C35H38O7/c1-38-29-19-17-28(18-20-29)24-42-35-33(40-22-26-13-7-3-8-14-26)31(37)30(36)32(39-21-25-11-5-2-6-12-25)34(35)41-23-27-15-9-4-10-16-27/h2-20,30-37H,21-24H2,1H3/t30?,31-,32-,33?,34+,35?/m0/s1. The third-order valence-electron chi connectivity index (χ3n) is 7.45. The number of aliphatic hydroxyl groups is 2. The monoisotopic (exact) mass is 570 g/mol. The topological polar surface area (TPSA) is 86.6 Å². The lowest BCUT2D eigenvalue weighted by molar-refractivity contribution is -0.273. The fourth-order valence-electron chi connectivity index (χ4n) is 5.13. The number of ether oxygens (including phenoxy) is 5. The predicted octanol–water partition coefficient (Wildman–Crippen LogP) is 5.07. The fourth-order valence-corrected chi connectivity index (χ4v) is 5.13. The van der Waals surface area contributed by atoms with Gasteiger partial charge in [-0.2, -0.15) is 0 Å². The zero-order chi connectivity index (χ0) is 29.1. The molecular weight excluding hydrogens is 532 g/mol. The highest BCUT2D eigenvalue weighted by molar-refractivity contribution is 5.27. The largest absolute Gasteiger partial charge is 0.497 e. The Labute approximate surface area is 247 Å². The maximum absolute atomic E-state index is 11.4. The van der Waals surface area contributed by atoms with E-state index in [4.69, 9.17) is 23.7 Å². The second kappa shape index (κ2) is 15.1. The van der Waals surface area contributed by atoms with Crippen LogP contribution in [0.5, 0.6) is 5.75 Å². The molecule has 0 aliphatic heterocycles. The van der Waals surface area contributed by atoms with Crippen molar-refractivity contribution >= 4 is 0 Å². The van der Waals surface area contributed by atoms with Crippen molar-refractivity contribution in [3.8, 4) is 5.75 Å². The number of benzene rings is 4. The maximum atomic E-state index is 11.4. The molecule has 1 saturated carbocycles. The molecule has 4 aromatic rings. The summed E-state index contributed by atoms with van der Waals surface area (Å²) in [7, 11) is 1.62. The average Bonchev–Trinajstić information content (AvgIpc) is 3.05. The SMILES string of the molecule is COc1ccc(COC2C(OCc3ccccc3)[C@@H](O)C(O)[C@H](OCc3ccccc3)[C@H]2OCc2ccccc2)cc1. The molecule has 0 bridgehead atoms. The molecule has 0 saturated heterocycles. The van der Waals surface area contributed by atoms with Crippen LogP contribution >= 0.6 is 0 Å². The first-order valence-corrected chi connectivity index (χ1v) is 14.2. The number of rotatable bonds is 13. The van der Waals surface area contributed by atoms with E-state index in [9.17, 15) is 10.2 Å². The van der Waals surface area contributed by atoms with Gasteiger partial charge in [0, 0.05) is 0 Å². The van der Waals surface area contributed by atoms with Gasteiger partial charge in [-0.25, -0.2) is 0 Å². The van der Waals surface area contributed by atoms with E-state index in [0.717, 1.165) is 28.0 Å². The van der Waals surface area contributed by atoms with Crippen molar-refractivity contribution < 1.29 is 33.9 Å². The summed E-state index contributed by atoms with van der Waals surface area (Å²) < 4.78 is 30.9. The summed E-state index contributed by atoms with van der Waals surface area (Å²) in [4.78, 5) is 0. The average molecular weight is 571 g/mol. The Morgan fingerprint density at radius 3 is 1.07 bits per heavy atom. The summed E-state index contributed by atoms with van der Waals surface area (Å²) in [5.41, 5.74) is 3.77. The maximum Gasteiger partial charge on any atom is 0.118 e. The number of aliphatic hydroxyl groups excluding tert-OH is 2. The van der Waals surface area contributed by atoms with E-state index in [1.165, 1.54) is 0 Å². The smallest absolute Gasteiger partial charge is 0.118 e. The van der Waals surface area contributed by atoms with E-state index in [0.29, 0.717) is 0 Å². The summed E-state index contributed by atoms with van der Waals surface area (Å²) in [5.74, 6) is 0.748. The van der Waals surface area contributed by atoms with E-state index in [1.54, 1.807) is 7.11 Å². The molecule has 5 rings (SSSR count). The van der Waals surface area contributed by atoms with Gasteiger partial charge < -0.3 is 33.9 Å². The molecule has 0 heterocycles. The molecule has 220 valence electrons. The minimum absolute atomic E-state index is 0.235. The minimum Gasteiger partial charge on any atom is -0.497 e. The lowest BCUT2D eigenvalue weighted by Gasteiger charge is -2.47. The van der Waals surface area contributed by atoms with Crippen LogP contribution in [0, 0.1) is 0 Å². The van der Waals surface area contributed by atoms with Crippen LogP contribution in [0.1, 0.15) is 22.3 Å². The molecule has 0 amide bonds. The Morgan fingerprint density at radius 2 is 0.738 bits per heavy atom. The molecule has 3 unspecified atom stereocenters. The summed E-state index contributed by atoms with van der Waals surface area (Å²) >= 11 is 0. The van der Waals surface area contributed by atoms with E-state index in [1.807, 2.05) is 115 Å². The molecule has 7 heteroatoms. The highest BCUT2D eigenvalue weighted by Gasteiger charge is 2.52. The van der Waals surface area contributed by atoms with Gasteiger partial charge >= 0.3 is 0 Å². The Bertz CT molecular complexity index is 1320. The Hall–Kier alpha value is -3.56. The van der Waals surface area contributed by atoms with Crippen LogP contribution in [-0.4, -0.2) is 53.9 Å². The van der Waals surface area contributed by atoms with Crippen molar-refractivity contribution in [2.24, 2.45) is 0 Å². The van der Waals surface area contributed by atoms with Crippen molar-refractivity contribution in [2.75, 3.05) is 7.11 Å². The summed E-state index contributed by atoms with van der Waals surface area (Å²) in [6, 6.07) is 36.8. The molecule has 0 spiro atoms. The molecule has 7 nitrogen and oxygen atoms in total. The van der Waals surface area contributed by atoms with Crippen LogP contribution in [0.4, 0.5) is 0 Å². The number of methoxy groups -OCH3 is 1. The van der Waals surface area contributed by atoms with Crippen molar-refractivity contribution in [3.05, 3.63) is 138 Å². The molecule has 0 radical (unpaired) electrons. The highest BCUT2D eigenvalue weighted by atomic mass is 16.6. The molecule has 0 aromatic heterocycles. The van der Waals surface area contributed by atoms with Crippen LogP contribution in [0.3, 0.4) is 0 Å². The summed E-state index contributed by atoms with van der Waals surface area (Å²) in [6.07, 6.45) is -5.79. The van der Waals surface area contributed by atoms with Crippen molar-refractivity contribution in [1.29, 1.82) is 0 Å². The second-order valence-corrected chi connectivity index (χ2v) is 10.4.